The first-order chi connectivity index (χ1) is 7.88. The Morgan fingerprint density at radius 1 is 1.44 bits per heavy atom. The Labute approximate surface area is 129 Å². The van der Waals surface area contributed by atoms with Crippen molar-refractivity contribution in [3.8, 4) is 0 Å². The molecule has 1 aliphatic rings. The first-order valence-electron chi connectivity index (χ1n) is 6.68. The minimum atomic E-state index is 0. The minimum Gasteiger partial charge on any atom is -0.370 e. The molecule has 1 atom stereocenters. The van der Waals surface area contributed by atoms with Crippen LogP contribution in [0.1, 0.15) is 40.5 Å². The van der Waals surface area contributed by atoms with Crippen molar-refractivity contribution >= 4 is 29.9 Å². The second-order valence-electron chi connectivity index (χ2n) is 6.11. The quantitative estimate of drug-likeness (QED) is 0.347. The van der Waals surface area contributed by atoms with Crippen LogP contribution in [0.4, 0.5) is 0 Å². The third-order valence-corrected chi connectivity index (χ3v) is 3.02. The van der Waals surface area contributed by atoms with Crippen LogP contribution in [0.25, 0.3) is 0 Å². The lowest BCUT2D eigenvalue weighted by Crippen LogP contribution is -2.44. The highest BCUT2D eigenvalue weighted by molar-refractivity contribution is 14.0. The van der Waals surface area contributed by atoms with Crippen LogP contribution in [0.2, 0.25) is 0 Å². The third-order valence-electron chi connectivity index (χ3n) is 3.02. The highest BCUT2D eigenvalue weighted by Crippen LogP contribution is 2.14. The van der Waals surface area contributed by atoms with E-state index in [9.17, 15) is 0 Å². The van der Waals surface area contributed by atoms with Gasteiger partial charge in [0.1, 0.15) is 0 Å². The van der Waals surface area contributed by atoms with E-state index in [0.717, 1.165) is 32.1 Å². The van der Waals surface area contributed by atoms with Crippen molar-refractivity contribution in [2.24, 2.45) is 16.6 Å². The second kappa shape index (κ2) is 8.19. The number of rotatable bonds is 3. The molecular weight excluding hydrogens is 339 g/mol. The lowest BCUT2D eigenvalue weighted by Gasteiger charge is -2.31. The lowest BCUT2D eigenvalue weighted by molar-refractivity contribution is 0.270. The fraction of sp³-hybridized carbons (Fsp3) is 0.923. The first kappa shape index (κ1) is 18.0. The second-order valence-corrected chi connectivity index (χ2v) is 6.11. The summed E-state index contributed by atoms with van der Waals surface area (Å²) in [7, 11) is 0. The number of hydrogen-bond donors (Lipinski definition) is 2. The molecule has 4 nitrogen and oxygen atoms in total. The van der Waals surface area contributed by atoms with Crippen molar-refractivity contribution < 1.29 is 0 Å². The molecule has 0 amide bonds. The predicted molar refractivity (Wildman–Crippen MR) is 89.6 cm³/mol. The van der Waals surface area contributed by atoms with Gasteiger partial charge in [0.15, 0.2) is 5.96 Å². The molecule has 0 spiro atoms. The van der Waals surface area contributed by atoms with E-state index in [-0.39, 0.29) is 29.5 Å². The van der Waals surface area contributed by atoms with E-state index in [4.69, 9.17) is 5.73 Å². The molecule has 5 heteroatoms. The lowest BCUT2D eigenvalue weighted by atomic mass is 10.0. The van der Waals surface area contributed by atoms with Gasteiger partial charge in [0.2, 0.25) is 0 Å². The van der Waals surface area contributed by atoms with E-state index in [1.165, 1.54) is 12.8 Å². The molecule has 0 aliphatic carbocycles. The number of aliphatic imine (C=N–C) groups is 1. The fourth-order valence-electron chi connectivity index (χ4n) is 2.10. The van der Waals surface area contributed by atoms with Crippen molar-refractivity contribution in [3.05, 3.63) is 0 Å². The SMILES string of the molecule is CC1CCCN(C(N)=NCCNC(C)(C)C)C1.I. The number of nitrogens with zero attached hydrogens (tertiary/aromatic N) is 2. The van der Waals surface area contributed by atoms with Crippen LogP contribution in [0.5, 0.6) is 0 Å². The van der Waals surface area contributed by atoms with Gasteiger partial charge in [0.25, 0.3) is 0 Å². The summed E-state index contributed by atoms with van der Waals surface area (Å²) >= 11 is 0. The Hall–Kier alpha value is -0.0400. The van der Waals surface area contributed by atoms with Gasteiger partial charge >= 0.3 is 0 Å². The molecule has 0 saturated carbocycles. The highest BCUT2D eigenvalue weighted by Gasteiger charge is 2.17. The van der Waals surface area contributed by atoms with Crippen LogP contribution in [-0.4, -0.2) is 42.6 Å². The molecule has 0 aromatic carbocycles. The molecule has 1 heterocycles. The number of guanidine groups is 1. The average molecular weight is 368 g/mol. The van der Waals surface area contributed by atoms with E-state index in [2.05, 4.69) is 42.9 Å². The molecule has 3 N–H and O–H groups in total. The van der Waals surface area contributed by atoms with Crippen LogP contribution in [0.3, 0.4) is 0 Å². The van der Waals surface area contributed by atoms with E-state index in [1.54, 1.807) is 0 Å². The summed E-state index contributed by atoms with van der Waals surface area (Å²) in [5, 5.41) is 3.41. The maximum Gasteiger partial charge on any atom is 0.191 e. The zero-order chi connectivity index (χ0) is 12.9. The van der Waals surface area contributed by atoms with Gasteiger partial charge in [-0.2, -0.15) is 0 Å². The monoisotopic (exact) mass is 368 g/mol. The van der Waals surface area contributed by atoms with Gasteiger partial charge in [-0.3, -0.25) is 4.99 Å². The van der Waals surface area contributed by atoms with Crippen LogP contribution in [0.15, 0.2) is 4.99 Å². The number of halogens is 1. The Kier molecular flexibility index (Phi) is 8.18. The minimum absolute atomic E-state index is 0. The maximum atomic E-state index is 6.01. The van der Waals surface area contributed by atoms with Gasteiger partial charge in [-0.15, -0.1) is 24.0 Å². The van der Waals surface area contributed by atoms with Gasteiger partial charge < -0.3 is 16.0 Å². The largest absolute Gasteiger partial charge is 0.370 e. The van der Waals surface area contributed by atoms with E-state index >= 15 is 0 Å². The van der Waals surface area contributed by atoms with Crippen molar-refractivity contribution in [2.45, 2.75) is 46.1 Å². The fourth-order valence-corrected chi connectivity index (χ4v) is 2.10. The number of nitrogens with two attached hydrogens (primary N) is 1. The molecule has 18 heavy (non-hydrogen) atoms. The summed E-state index contributed by atoms with van der Waals surface area (Å²) in [6.45, 7) is 12.5. The summed E-state index contributed by atoms with van der Waals surface area (Å²) in [6, 6.07) is 0. The summed E-state index contributed by atoms with van der Waals surface area (Å²) in [4.78, 5) is 6.66. The summed E-state index contributed by atoms with van der Waals surface area (Å²) in [5.74, 6) is 1.46. The van der Waals surface area contributed by atoms with E-state index in [0.29, 0.717) is 5.96 Å². The Bertz CT molecular complexity index is 260. The van der Waals surface area contributed by atoms with Gasteiger partial charge in [-0.25, -0.2) is 0 Å². The standard InChI is InChI=1S/C13H28N4.HI/c1-11-6-5-9-17(10-11)12(14)15-7-8-16-13(2,3)4;/h11,16H,5-10H2,1-4H3,(H2,14,15);1H. The Balaban J connectivity index is 0.00000289. The number of likely N-dealkylation sites (tertiary alicyclic amines) is 1. The Morgan fingerprint density at radius 3 is 2.67 bits per heavy atom. The van der Waals surface area contributed by atoms with Crippen LogP contribution < -0.4 is 11.1 Å². The molecule has 1 rings (SSSR count). The predicted octanol–water partition coefficient (Wildman–Crippen LogP) is 2.04. The third kappa shape index (κ3) is 7.41. The van der Waals surface area contributed by atoms with Crippen LogP contribution in [-0.2, 0) is 0 Å². The number of hydrogen-bond acceptors (Lipinski definition) is 2. The number of piperidine rings is 1. The maximum absolute atomic E-state index is 6.01. The molecule has 0 radical (unpaired) electrons. The smallest absolute Gasteiger partial charge is 0.191 e. The van der Waals surface area contributed by atoms with Crippen molar-refractivity contribution in [2.75, 3.05) is 26.2 Å². The van der Waals surface area contributed by atoms with Crippen molar-refractivity contribution in [1.82, 2.24) is 10.2 Å². The molecule has 0 aromatic rings. The van der Waals surface area contributed by atoms with E-state index in [1.807, 2.05) is 0 Å². The Morgan fingerprint density at radius 2 is 2.11 bits per heavy atom. The summed E-state index contributed by atoms with van der Waals surface area (Å²) in [6.07, 6.45) is 2.55. The van der Waals surface area contributed by atoms with E-state index < -0.39 is 0 Å². The summed E-state index contributed by atoms with van der Waals surface area (Å²) in [5.41, 5.74) is 6.17. The zero-order valence-corrected chi connectivity index (χ0v) is 14.5. The normalized spacial score (nSPS) is 21.7. The molecule has 1 aliphatic heterocycles. The van der Waals surface area contributed by atoms with Crippen molar-refractivity contribution in [3.63, 3.8) is 0 Å². The molecule has 108 valence electrons. The van der Waals surface area contributed by atoms with Gasteiger partial charge in [0.05, 0.1) is 6.54 Å². The van der Waals surface area contributed by atoms with Crippen LogP contribution in [0, 0.1) is 5.92 Å². The van der Waals surface area contributed by atoms with Crippen LogP contribution >= 0.6 is 24.0 Å². The van der Waals surface area contributed by atoms with Crippen molar-refractivity contribution in [1.29, 1.82) is 0 Å². The molecule has 1 saturated heterocycles. The molecule has 1 fully saturated rings. The topological polar surface area (TPSA) is 53.6 Å². The highest BCUT2D eigenvalue weighted by atomic mass is 127. The summed E-state index contributed by atoms with van der Waals surface area (Å²) < 4.78 is 0. The van der Waals surface area contributed by atoms with Gasteiger partial charge in [-0.1, -0.05) is 6.92 Å². The van der Waals surface area contributed by atoms with Gasteiger partial charge in [-0.05, 0) is 39.5 Å². The molecule has 0 aromatic heterocycles. The molecule has 0 bridgehead atoms. The first-order valence-corrected chi connectivity index (χ1v) is 6.68. The number of nitrogens with one attached hydrogen (secondary N) is 1. The van der Waals surface area contributed by atoms with Gasteiger partial charge in [0, 0.05) is 25.2 Å². The average Bonchev–Trinajstić information content (AvgIpc) is 2.23. The molecular formula is C13H29IN4. The zero-order valence-electron chi connectivity index (χ0n) is 12.2. The molecule has 1 unspecified atom stereocenters.